The predicted molar refractivity (Wildman–Crippen MR) is 71.7 cm³/mol. The zero-order chi connectivity index (χ0) is 14.3. The molecule has 0 aliphatic rings. The number of urea groups is 1. The maximum absolute atomic E-state index is 11.6. The molecule has 0 heterocycles. The van der Waals surface area contributed by atoms with Crippen molar-refractivity contribution in [3.8, 4) is 0 Å². The number of rotatable bonds is 6. The number of anilines is 1. The van der Waals surface area contributed by atoms with Gasteiger partial charge in [-0.15, -0.1) is 0 Å². The van der Waals surface area contributed by atoms with Gasteiger partial charge in [0.2, 0.25) is 0 Å². The second-order valence-corrected chi connectivity index (χ2v) is 3.86. The molecule has 0 saturated heterocycles. The fourth-order valence-electron chi connectivity index (χ4n) is 1.55. The molecule has 2 amide bonds. The quantitative estimate of drug-likeness (QED) is 0.686. The molecule has 0 spiro atoms. The summed E-state index contributed by atoms with van der Waals surface area (Å²) in [6.45, 7) is 4.97. The van der Waals surface area contributed by atoms with Gasteiger partial charge in [0.15, 0.2) is 0 Å². The first-order valence-electron chi connectivity index (χ1n) is 6.01. The Bertz CT molecular complexity index is 460. The molecule has 0 atom stereocenters. The van der Waals surface area contributed by atoms with Crippen LogP contribution in [0.3, 0.4) is 0 Å². The second kappa shape index (κ2) is 7.38. The zero-order valence-electron chi connectivity index (χ0n) is 11.0. The van der Waals surface area contributed by atoms with Crippen LogP contribution in [0.1, 0.15) is 22.8 Å². The van der Waals surface area contributed by atoms with Gasteiger partial charge in [0.05, 0.1) is 12.2 Å². The highest BCUT2D eigenvalue weighted by atomic mass is 16.5. The molecule has 0 aromatic heterocycles. The molecule has 0 aliphatic heterocycles. The Kier molecular flexibility index (Phi) is 5.81. The van der Waals surface area contributed by atoms with Crippen molar-refractivity contribution in [3.05, 3.63) is 29.3 Å². The molecule has 0 unspecified atom stereocenters. The van der Waals surface area contributed by atoms with Crippen LogP contribution < -0.4 is 10.6 Å². The van der Waals surface area contributed by atoms with Crippen molar-refractivity contribution in [2.75, 3.05) is 25.1 Å². The largest absolute Gasteiger partial charge is 0.478 e. The van der Waals surface area contributed by atoms with Gasteiger partial charge < -0.3 is 20.5 Å². The van der Waals surface area contributed by atoms with Crippen molar-refractivity contribution in [2.24, 2.45) is 0 Å². The number of hydrogen-bond acceptors (Lipinski definition) is 3. The maximum atomic E-state index is 11.6. The van der Waals surface area contributed by atoms with Crippen molar-refractivity contribution in [1.82, 2.24) is 5.32 Å². The number of carboxylic acid groups (broad SMARTS) is 1. The van der Waals surface area contributed by atoms with Crippen LogP contribution in [0.4, 0.5) is 10.5 Å². The standard InChI is InChI=1S/C13H18N2O4/c1-3-19-8-7-14-13(18)15-11-6-4-5-10(9(11)2)12(16)17/h4-6H,3,7-8H2,1-2H3,(H,16,17)(H2,14,15,18). The lowest BCUT2D eigenvalue weighted by atomic mass is 10.1. The summed E-state index contributed by atoms with van der Waals surface area (Å²) in [5.41, 5.74) is 1.18. The van der Waals surface area contributed by atoms with E-state index in [-0.39, 0.29) is 11.6 Å². The second-order valence-electron chi connectivity index (χ2n) is 3.86. The molecular formula is C13H18N2O4. The summed E-state index contributed by atoms with van der Waals surface area (Å²) in [7, 11) is 0. The molecule has 1 rings (SSSR count). The van der Waals surface area contributed by atoms with Gasteiger partial charge in [-0.2, -0.15) is 0 Å². The van der Waals surface area contributed by atoms with E-state index in [4.69, 9.17) is 9.84 Å². The van der Waals surface area contributed by atoms with Crippen molar-refractivity contribution in [1.29, 1.82) is 0 Å². The Labute approximate surface area is 111 Å². The highest BCUT2D eigenvalue weighted by molar-refractivity contribution is 5.95. The van der Waals surface area contributed by atoms with E-state index >= 15 is 0 Å². The molecule has 0 aliphatic carbocycles. The molecule has 0 fully saturated rings. The van der Waals surface area contributed by atoms with Gasteiger partial charge in [-0.1, -0.05) is 6.07 Å². The number of carbonyl (C=O) groups is 2. The molecule has 6 nitrogen and oxygen atoms in total. The predicted octanol–water partition coefficient (Wildman–Crippen LogP) is 1.85. The van der Waals surface area contributed by atoms with E-state index in [0.717, 1.165) is 0 Å². The van der Waals surface area contributed by atoms with Gasteiger partial charge in [0.25, 0.3) is 0 Å². The lowest BCUT2D eigenvalue weighted by Crippen LogP contribution is -2.31. The van der Waals surface area contributed by atoms with Crippen LogP contribution in [0.5, 0.6) is 0 Å². The summed E-state index contributed by atoms with van der Waals surface area (Å²) in [5.74, 6) is -1.02. The Morgan fingerprint density at radius 3 is 2.74 bits per heavy atom. The minimum Gasteiger partial charge on any atom is -0.478 e. The molecule has 6 heteroatoms. The van der Waals surface area contributed by atoms with Gasteiger partial charge in [0, 0.05) is 18.8 Å². The molecule has 1 aromatic rings. The minimum atomic E-state index is -1.02. The first-order valence-corrected chi connectivity index (χ1v) is 6.01. The third-order valence-corrected chi connectivity index (χ3v) is 2.55. The number of aromatic carboxylic acids is 1. The van der Waals surface area contributed by atoms with Gasteiger partial charge in [-0.05, 0) is 31.5 Å². The molecule has 1 aromatic carbocycles. The molecule has 19 heavy (non-hydrogen) atoms. The normalized spacial score (nSPS) is 10.0. The lowest BCUT2D eigenvalue weighted by Gasteiger charge is -2.11. The van der Waals surface area contributed by atoms with E-state index in [9.17, 15) is 9.59 Å². The molecule has 3 N–H and O–H groups in total. The Hall–Kier alpha value is -2.08. The van der Waals surface area contributed by atoms with Crippen LogP contribution in [0.15, 0.2) is 18.2 Å². The first-order chi connectivity index (χ1) is 9.06. The molecule has 0 saturated carbocycles. The van der Waals surface area contributed by atoms with Gasteiger partial charge >= 0.3 is 12.0 Å². The number of amides is 2. The first kappa shape index (κ1) is 15.0. The van der Waals surface area contributed by atoms with E-state index < -0.39 is 5.97 Å². The molecular weight excluding hydrogens is 248 g/mol. The van der Waals surface area contributed by atoms with E-state index in [1.807, 2.05) is 6.92 Å². The fraction of sp³-hybridized carbons (Fsp3) is 0.385. The molecule has 104 valence electrons. The van der Waals surface area contributed by atoms with Crippen molar-refractivity contribution < 1.29 is 19.4 Å². The number of carbonyl (C=O) groups excluding carboxylic acids is 1. The summed E-state index contributed by atoms with van der Waals surface area (Å²) >= 11 is 0. The average molecular weight is 266 g/mol. The third kappa shape index (κ3) is 4.59. The number of benzene rings is 1. The Morgan fingerprint density at radius 2 is 2.11 bits per heavy atom. The zero-order valence-corrected chi connectivity index (χ0v) is 11.0. The Morgan fingerprint density at radius 1 is 1.37 bits per heavy atom. The fourth-order valence-corrected chi connectivity index (χ4v) is 1.55. The summed E-state index contributed by atoms with van der Waals surface area (Å²) in [6, 6.07) is 4.36. The lowest BCUT2D eigenvalue weighted by molar-refractivity contribution is 0.0696. The molecule has 0 radical (unpaired) electrons. The van der Waals surface area contributed by atoms with Gasteiger partial charge in [0.1, 0.15) is 0 Å². The highest BCUT2D eigenvalue weighted by Gasteiger charge is 2.11. The van der Waals surface area contributed by atoms with Crippen LogP contribution in [-0.4, -0.2) is 36.9 Å². The van der Waals surface area contributed by atoms with E-state index in [2.05, 4.69) is 10.6 Å². The average Bonchev–Trinajstić information content (AvgIpc) is 2.37. The smallest absolute Gasteiger partial charge is 0.336 e. The topological polar surface area (TPSA) is 87.7 Å². The van der Waals surface area contributed by atoms with E-state index in [1.54, 1.807) is 19.1 Å². The maximum Gasteiger partial charge on any atom is 0.336 e. The Balaban J connectivity index is 2.59. The number of hydrogen-bond donors (Lipinski definition) is 3. The van der Waals surface area contributed by atoms with Crippen molar-refractivity contribution in [3.63, 3.8) is 0 Å². The summed E-state index contributed by atoms with van der Waals surface area (Å²) < 4.78 is 5.09. The van der Waals surface area contributed by atoms with Crippen LogP contribution in [0.25, 0.3) is 0 Å². The summed E-state index contributed by atoms with van der Waals surface area (Å²) in [5, 5.41) is 14.2. The van der Waals surface area contributed by atoms with E-state index in [0.29, 0.717) is 31.0 Å². The highest BCUT2D eigenvalue weighted by Crippen LogP contribution is 2.18. The van der Waals surface area contributed by atoms with Crippen LogP contribution in [0, 0.1) is 6.92 Å². The van der Waals surface area contributed by atoms with Crippen molar-refractivity contribution >= 4 is 17.7 Å². The summed E-state index contributed by atoms with van der Waals surface area (Å²) in [4.78, 5) is 22.5. The number of nitrogens with one attached hydrogen (secondary N) is 2. The number of carboxylic acids is 1. The van der Waals surface area contributed by atoms with E-state index in [1.165, 1.54) is 6.07 Å². The van der Waals surface area contributed by atoms with Crippen LogP contribution in [-0.2, 0) is 4.74 Å². The van der Waals surface area contributed by atoms with Crippen LogP contribution >= 0.6 is 0 Å². The number of ether oxygens (including phenoxy) is 1. The third-order valence-electron chi connectivity index (χ3n) is 2.55. The monoisotopic (exact) mass is 266 g/mol. The molecule has 0 bridgehead atoms. The summed E-state index contributed by atoms with van der Waals surface area (Å²) in [6.07, 6.45) is 0. The van der Waals surface area contributed by atoms with Gasteiger partial charge in [-0.25, -0.2) is 9.59 Å². The minimum absolute atomic E-state index is 0.173. The van der Waals surface area contributed by atoms with Crippen molar-refractivity contribution in [2.45, 2.75) is 13.8 Å². The van der Waals surface area contributed by atoms with Crippen LogP contribution in [0.2, 0.25) is 0 Å². The SMILES string of the molecule is CCOCCNC(=O)Nc1cccc(C(=O)O)c1C. The van der Waals surface area contributed by atoms with Gasteiger partial charge in [-0.3, -0.25) is 0 Å².